The summed E-state index contributed by atoms with van der Waals surface area (Å²) in [6.45, 7) is 3.05. The summed E-state index contributed by atoms with van der Waals surface area (Å²) >= 11 is 5.88. The third-order valence-corrected chi connectivity index (χ3v) is 4.16. The Morgan fingerprint density at radius 2 is 1.89 bits per heavy atom. The zero-order chi connectivity index (χ0) is 19.4. The third-order valence-electron chi connectivity index (χ3n) is 3.86. The molecule has 1 amide bonds. The highest BCUT2D eigenvalue weighted by molar-refractivity contribution is 6.32. The summed E-state index contributed by atoms with van der Waals surface area (Å²) in [5.41, 5.74) is 2.69. The molecule has 0 fully saturated rings. The lowest BCUT2D eigenvalue weighted by Gasteiger charge is -2.08. The van der Waals surface area contributed by atoms with Gasteiger partial charge >= 0.3 is 5.97 Å². The molecule has 0 aliphatic heterocycles. The number of esters is 1. The van der Waals surface area contributed by atoms with Crippen molar-refractivity contribution < 1.29 is 14.3 Å². The van der Waals surface area contributed by atoms with Crippen LogP contribution in [0.15, 0.2) is 48.7 Å². The molecule has 0 spiro atoms. The Hall–Kier alpha value is -3.19. The number of para-hydroxylation sites is 1. The first kappa shape index (κ1) is 18.6. The average Bonchev–Trinajstić information content (AvgIpc) is 2.97. The van der Waals surface area contributed by atoms with E-state index in [0.717, 1.165) is 5.69 Å². The maximum absolute atomic E-state index is 12.5. The van der Waals surface area contributed by atoms with Gasteiger partial charge in [0, 0.05) is 6.20 Å². The summed E-state index contributed by atoms with van der Waals surface area (Å²) < 4.78 is 6.81. The predicted octanol–water partition coefficient (Wildman–Crippen LogP) is 3.33. The van der Waals surface area contributed by atoms with E-state index in [9.17, 15) is 9.59 Å². The van der Waals surface area contributed by atoms with Gasteiger partial charge in [-0.2, -0.15) is 5.10 Å². The maximum atomic E-state index is 12.5. The summed E-state index contributed by atoms with van der Waals surface area (Å²) in [6, 6.07) is 12.7. The van der Waals surface area contributed by atoms with Crippen molar-refractivity contribution in [3.05, 3.63) is 70.8 Å². The molecule has 0 bridgehead atoms. The molecule has 7 nitrogen and oxygen atoms in total. The van der Waals surface area contributed by atoms with Crippen LogP contribution < -0.4 is 5.32 Å². The van der Waals surface area contributed by atoms with Crippen LogP contribution in [0.1, 0.15) is 21.7 Å². The van der Waals surface area contributed by atoms with Crippen molar-refractivity contribution >= 4 is 29.2 Å². The maximum Gasteiger partial charge on any atom is 0.342 e. The van der Waals surface area contributed by atoms with Crippen LogP contribution in [-0.2, 0) is 9.53 Å². The van der Waals surface area contributed by atoms with Crippen LogP contribution in [-0.4, -0.2) is 33.2 Å². The largest absolute Gasteiger partial charge is 0.452 e. The molecule has 1 aromatic carbocycles. The number of aromatic nitrogens is 3. The fraction of sp³-hybridized carbons (Fsp3) is 0.158. The zero-order valence-electron chi connectivity index (χ0n) is 14.8. The first-order valence-corrected chi connectivity index (χ1v) is 8.54. The molecular weight excluding hydrogens is 368 g/mol. The number of aryl methyl sites for hydroxylation is 1. The lowest BCUT2D eigenvalue weighted by atomic mass is 10.2. The monoisotopic (exact) mass is 384 g/mol. The molecule has 138 valence electrons. The second-order valence-corrected chi connectivity index (χ2v) is 6.12. The van der Waals surface area contributed by atoms with Crippen molar-refractivity contribution in [1.82, 2.24) is 14.8 Å². The summed E-state index contributed by atoms with van der Waals surface area (Å²) in [7, 11) is 0. The minimum atomic E-state index is -0.611. The molecule has 3 rings (SSSR count). The number of rotatable bonds is 5. The van der Waals surface area contributed by atoms with Gasteiger partial charge < -0.3 is 10.1 Å². The molecule has 2 aromatic heterocycles. The van der Waals surface area contributed by atoms with E-state index < -0.39 is 18.5 Å². The Morgan fingerprint density at radius 3 is 2.59 bits per heavy atom. The van der Waals surface area contributed by atoms with Crippen LogP contribution in [0.25, 0.3) is 5.69 Å². The summed E-state index contributed by atoms with van der Waals surface area (Å²) in [5.74, 6) is -1.12. The first-order valence-electron chi connectivity index (χ1n) is 8.16. The smallest absolute Gasteiger partial charge is 0.342 e. The van der Waals surface area contributed by atoms with Crippen molar-refractivity contribution in [2.75, 3.05) is 11.9 Å². The lowest BCUT2D eigenvalue weighted by molar-refractivity contribution is -0.119. The van der Waals surface area contributed by atoms with E-state index in [1.54, 1.807) is 30.7 Å². The van der Waals surface area contributed by atoms with Crippen LogP contribution >= 0.6 is 11.6 Å². The van der Waals surface area contributed by atoms with Crippen LogP contribution in [0, 0.1) is 13.8 Å². The second-order valence-electron chi connectivity index (χ2n) is 5.76. The summed E-state index contributed by atoms with van der Waals surface area (Å²) in [5, 5.41) is 7.10. The van der Waals surface area contributed by atoms with Crippen molar-refractivity contribution in [3.63, 3.8) is 0 Å². The molecule has 1 N–H and O–H groups in total. The van der Waals surface area contributed by atoms with Gasteiger partial charge in [0.25, 0.3) is 5.91 Å². The van der Waals surface area contributed by atoms with Gasteiger partial charge in [-0.15, -0.1) is 0 Å². The molecule has 0 aliphatic carbocycles. The van der Waals surface area contributed by atoms with E-state index in [1.807, 2.05) is 30.3 Å². The Balaban J connectivity index is 1.69. The van der Waals surface area contributed by atoms with Gasteiger partial charge in [0.2, 0.25) is 0 Å². The molecule has 8 heteroatoms. The van der Waals surface area contributed by atoms with E-state index in [-0.39, 0.29) is 5.15 Å². The number of pyridine rings is 1. The van der Waals surface area contributed by atoms with E-state index >= 15 is 0 Å². The molecule has 0 radical (unpaired) electrons. The van der Waals surface area contributed by atoms with E-state index in [4.69, 9.17) is 16.3 Å². The number of ether oxygens (including phenoxy) is 1. The molecule has 0 aliphatic rings. The molecule has 2 heterocycles. The van der Waals surface area contributed by atoms with Gasteiger partial charge in [-0.05, 0) is 38.1 Å². The minimum Gasteiger partial charge on any atom is -0.452 e. The highest BCUT2D eigenvalue weighted by atomic mass is 35.5. The molecule has 27 heavy (non-hydrogen) atoms. The number of benzene rings is 1. The predicted molar refractivity (Wildman–Crippen MR) is 101 cm³/mol. The van der Waals surface area contributed by atoms with Gasteiger partial charge in [-0.3, -0.25) is 4.79 Å². The average molecular weight is 385 g/mol. The van der Waals surface area contributed by atoms with Gasteiger partial charge in [0.15, 0.2) is 11.8 Å². The molecule has 0 saturated heterocycles. The van der Waals surface area contributed by atoms with E-state index in [0.29, 0.717) is 22.6 Å². The number of carbonyl (C=O) groups excluding carboxylic acids is 2. The number of nitrogens with one attached hydrogen (secondary N) is 1. The number of amides is 1. The van der Waals surface area contributed by atoms with Crippen molar-refractivity contribution in [1.29, 1.82) is 0 Å². The van der Waals surface area contributed by atoms with Crippen LogP contribution in [0.3, 0.4) is 0 Å². The Labute approximate surface area is 160 Å². The molecule has 0 saturated carbocycles. The quantitative estimate of drug-likeness (QED) is 0.538. The number of anilines is 1. The minimum absolute atomic E-state index is 0.160. The number of carbonyl (C=O) groups is 2. The fourth-order valence-corrected chi connectivity index (χ4v) is 2.79. The van der Waals surface area contributed by atoms with Gasteiger partial charge in [-0.25, -0.2) is 14.5 Å². The molecule has 0 atom stereocenters. The SMILES string of the molecule is Cc1nn(-c2ccccc2)c(C)c1C(=O)OCC(=O)Nc1cccnc1Cl. The van der Waals surface area contributed by atoms with Crippen LogP contribution in [0.2, 0.25) is 5.15 Å². The zero-order valence-corrected chi connectivity index (χ0v) is 15.5. The van der Waals surface area contributed by atoms with Crippen LogP contribution in [0.5, 0.6) is 0 Å². The Bertz CT molecular complexity index is 986. The number of nitrogens with zero attached hydrogens (tertiary/aromatic N) is 3. The fourth-order valence-electron chi connectivity index (χ4n) is 2.63. The highest BCUT2D eigenvalue weighted by Gasteiger charge is 2.21. The summed E-state index contributed by atoms with van der Waals surface area (Å²) in [6.07, 6.45) is 1.51. The van der Waals surface area contributed by atoms with Crippen molar-refractivity contribution in [2.24, 2.45) is 0 Å². The van der Waals surface area contributed by atoms with Gasteiger partial charge in [0.05, 0.1) is 22.8 Å². The van der Waals surface area contributed by atoms with Gasteiger partial charge in [-0.1, -0.05) is 29.8 Å². The molecular formula is C19H17ClN4O3. The normalized spacial score (nSPS) is 10.5. The standard InChI is InChI=1S/C19H17ClN4O3/c1-12-17(13(2)24(23-12)14-7-4-3-5-8-14)19(26)27-11-16(25)22-15-9-6-10-21-18(15)20/h3-10H,11H2,1-2H3,(H,22,25). The number of hydrogen-bond donors (Lipinski definition) is 1. The first-order chi connectivity index (χ1) is 13.0. The number of halogens is 1. The second kappa shape index (κ2) is 8.01. The van der Waals surface area contributed by atoms with Crippen LogP contribution in [0.4, 0.5) is 5.69 Å². The van der Waals surface area contributed by atoms with Crippen molar-refractivity contribution in [3.8, 4) is 5.69 Å². The molecule has 3 aromatic rings. The number of hydrogen-bond acceptors (Lipinski definition) is 5. The third kappa shape index (κ3) is 4.15. The lowest BCUT2D eigenvalue weighted by Crippen LogP contribution is -2.21. The topological polar surface area (TPSA) is 86.1 Å². The molecule has 0 unspecified atom stereocenters. The highest BCUT2D eigenvalue weighted by Crippen LogP contribution is 2.19. The van der Waals surface area contributed by atoms with Crippen molar-refractivity contribution in [2.45, 2.75) is 13.8 Å². The van der Waals surface area contributed by atoms with Gasteiger partial charge in [0.1, 0.15) is 5.56 Å². The Kier molecular flexibility index (Phi) is 5.52. The summed E-state index contributed by atoms with van der Waals surface area (Å²) in [4.78, 5) is 28.3. The van der Waals surface area contributed by atoms with E-state index in [1.165, 1.54) is 6.20 Å². The Morgan fingerprint density at radius 1 is 1.15 bits per heavy atom. The van der Waals surface area contributed by atoms with E-state index in [2.05, 4.69) is 15.4 Å².